The molecule has 0 saturated carbocycles. The fraction of sp³-hybridized carbons (Fsp3) is 0.647. The van der Waals surface area contributed by atoms with Crippen LogP contribution in [0.2, 0.25) is 0 Å². The van der Waals surface area contributed by atoms with Gasteiger partial charge in [-0.15, -0.1) is 24.0 Å². The molecule has 0 fully saturated rings. The smallest absolute Gasteiger partial charge is 0.287 e. The Morgan fingerprint density at radius 3 is 2.42 bits per heavy atom. The molecule has 1 amide bonds. The Labute approximate surface area is 172 Å². The number of rotatable bonds is 12. The largest absolute Gasteiger partial charge is 0.459 e. The Morgan fingerprint density at radius 1 is 1.12 bits per heavy atom. The lowest BCUT2D eigenvalue weighted by Gasteiger charge is -2.12. The number of carbonyl (C=O) groups excluding carboxylic acids is 1. The van der Waals surface area contributed by atoms with Crippen LogP contribution in [0.25, 0.3) is 0 Å². The topological polar surface area (TPSA) is 97.1 Å². The van der Waals surface area contributed by atoms with Gasteiger partial charge in [0.15, 0.2) is 11.7 Å². The number of aliphatic imine (C=N–C) groups is 1. The number of carbonyl (C=O) groups is 1. The number of nitrogens with zero attached hydrogens (tertiary/aromatic N) is 1. The summed E-state index contributed by atoms with van der Waals surface area (Å²) < 4.78 is 15.4. The molecule has 1 aromatic heterocycles. The molecule has 26 heavy (non-hydrogen) atoms. The molecule has 1 aromatic rings. The van der Waals surface area contributed by atoms with Gasteiger partial charge in [0.25, 0.3) is 5.91 Å². The van der Waals surface area contributed by atoms with Crippen molar-refractivity contribution in [2.24, 2.45) is 4.99 Å². The summed E-state index contributed by atoms with van der Waals surface area (Å²) in [7, 11) is 3.38. The fourth-order valence-corrected chi connectivity index (χ4v) is 2.03. The predicted octanol–water partition coefficient (Wildman–Crippen LogP) is 1.54. The summed E-state index contributed by atoms with van der Waals surface area (Å²) in [6.45, 7) is 5.82. The normalized spacial score (nSPS) is 11.0. The molecular formula is C17H31IN4O4. The summed E-state index contributed by atoms with van der Waals surface area (Å²) in [5.74, 6) is 0.932. The van der Waals surface area contributed by atoms with Crippen molar-refractivity contribution in [1.82, 2.24) is 16.0 Å². The second-order valence-electron chi connectivity index (χ2n) is 5.43. The molecule has 8 nitrogen and oxygen atoms in total. The quantitative estimate of drug-likeness (QED) is 0.181. The lowest BCUT2D eigenvalue weighted by molar-refractivity contribution is 0.0698. The third-order valence-corrected chi connectivity index (χ3v) is 3.41. The standard InChI is InChI=1S/C17H30N4O4.HI/c1-14-6-11-25-15(14)16(22)19-7-4-8-20-17(18-2)21-9-5-10-24-13-12-23-3;/h6,11H,4-5,7-10,12-13H2,1-3H3,(H,19,22)(H2,18,20,21);1H. The maximum absolute atomic E-state index is 11.9. The van der Waals surface area contributed by atoms with Gasteiger partial charge < -0.3 is 29.8 Å². The van der Waals surface area contributed by atoms with Crippen LogP contribution in [0, 0.1) is 6.92 Å². The molecule has 0 aliphatic heterocycles. The average molecular weight is 482 g/mol. The van der Waals surface area contributed by atoms with Crippen molar-refractivity contribution in [2.75, 3.05) is 53.6 Å². The van der Waals surface area contributed by atoms with Gasteiger partial charge in [-0.1, -0.05) is 0 Å². The third-order valence-electron chi connectivity index (χ3n) is 3.41. The van der Waals surface area contributed by atoms with Crippen LogP contribution in [-0.4, -0.2) is 65.5 Å². The van der Waals surface area contributed by atoms with E-state index in [1.165, 1.54) is 6.26 Å². The molecule has 1 heterocycles. The first-order valence-electron chi connectivity index (χ1n) is 8.52. The van der Waals surface area contributed by atoms with Crippen LogP contribution in [-0.2, 0) is 9.47 Å². The first-order chi connectivity index (χ1) is 12.2. The number of hydrogen-bond acceptors (Lipinski definition) is 5. The van der Waals surface area contributed by atoms with E-state index >= 15 is 0 Å². The second-order valence-corrected chi connectivity index (χ2v) is 5.43. The number of amides is 1. The highest BCUT2D eigenvalue weighted by atomic mass is 127. The van der Waals surface area contributed by atoms with Crippen LogP contribution in [0.4, 0.5) is 0 Å². The van der Waals surface area contributed by atoms with E-state index in [9.17, 15) is 4.79 Å². The number of aryl methyl sites for hydroxylation is 1. The van der Waals surface area contributed by atoms with Crippen LogP contribution < -0.4 is 16.0 Å². The maximum Gasteiger partial charge on any atom is 0.287 e. The summed E-state index contributed by atoms with van der Waals surface area (Å²) >= 11 is 0. The SMILES string of the molecule is CN=C(NCCCNC(=O)c1occc1C)NCCCOCCOC.I. The zero-order valence-electron chi connectivity index (χ0n) is 15.8. The molecule has 0 atom stereocenters. The number of furan rings is 1. The van der Waals surface area contributed by atoms with Crippen molar-refractivity contribution in [1.29, 1.82) is 0 Å². The molecule has 0 saturated heterocycles. The molecule has 0 unspecified atom stereocenters. The summed E-state index contributed by atoms with van der Waals surface area (Å²) in [6.07, 6.45) is 3.19. The maximum atomic E-state index is 11.9. The number of ether oxygens (including phenoxy) is 2. The molecule has 0 spiro atoms. The highest BCUT2D eigenvalue weighted by Crippen LogP contribution is 2.07. The molecule has 3 N–H and O–H groups in total. The van der Waals surface area contributed by atoms with E-state index in [-0.39, 0.29) is 29.9 Å². The lowest BCUT2D eigenvalue weighted by Crippen LogP contribution is -2.39. The van der Waals surface area contributed by atoms with Crippen molar-refractivity contribution < 1.29 is 18.7 Å². The van der Waals surface area contributed by atoms with Crippen LogP contribution in [0.15, 0.2) is 21.7 Å². The molecule has 0 aromatic carbocycles. The van der Waals surface area contributed by atoms with Crippen LogP contribution >= 0.6 is 24.0 Å². The van der Waals surface area contributed by atoms with Gasteiger partial charge in [0.05, 0.1) is 19.5 Å². The van der Waals surface area contributed by atoms with Gasteiger partial charge in [-0.25, -0.2) is 0 Å². The molecule has 0 aliphatic rings. The summed E-state index contributed by atoms with van der Waals surface area (Å²) in [6, 6.07) is 1.77. The number of halogens is 1. The van der Waals surface area contributed by atoms with Crippen molar-refractivity contribution in [2.45, 2.75) is 19.8 Å². The van der Waals surface area contributed by atoms with Gasteiger partial charge in [0.2, 0.25) is 0 Å². The Kier molecular flexibility index (Phi) is 15.1. The number of nitrogens with one attached hydrogen (secondary N) is 3. The van der Waals surface area contributed by atoms with E-state index in [4.69, 9.17) is 13.9 Å². The zero-order valence-corrected chi connectivity index (χ0v) is 18.1. The van der Waals surface area contributed by atoms with E-state index in [1.54, 1.807) is 20.2 Å². The number of hydrogen-bond donors (Lipinski definition) is 3. The number of guanidine groups is 1. The van der Waals surface area contributed by atoms with Gasteiger partial charge in [0, 0.05) is 46.0 Å². The van der Waals surface area contributed by atoms with Crippen LogP contribution in [0.5, 0.6) is 0 Å². The first kappa shape index (κ1) is 24.7. The number of methoxy groups -OCH3 is 1. The fourth-order valence-electron chi connectivity index (χ4n) is 2.03. The van der Waals surface area contributed by atoms with Crippen LogP contribution in [0.1, 0.15) is 29.0 Å². The van der Waals surface area contributed by atoms with Crippen molar-refractivity contribution >= 4 is 35.8 Å². The highest BCUT2D eigenvalue weighted by molar-refractivity contribution is 14.0. The summed E-state index contributed by atoms with van der Waals surface area (Å²) in [4.78, 5) is 16.0. The van der Waals surface area contributed by atoms with E-state index in [0.717, 1.165) is 30.9 Å². The summed E-state index contributed by atoms with van der Waals surface area (Å²) in [5, 5.41) is 9.25. The van der Waals surface area contributed by atoms with Crippen molar-refractivity contribution in [3.8, 4) is 0 Å². The van der Waals surface area contributed by atoms with Gasteiger partial charge in [-0.05, 0) is 25.8 Å². The summed E-state index contributed by atoms with van der Waals surface area (Å²) in [5.41, 5.74) is 0.839. The molecule has 0 radical (unpaired) electrons. The molecule has 9 heteroatoms. The Morgan fingerprint density at radius 2 is 1.81 bits per heavy atom. The predicted molar refractivity (Wildman–Crippen MR) is 112 cm³/mol. The molecular weight excluding hydrogens is 451 g/mol. The van der Waals surface area contributed by atoms with E-state index in [2.05, 4.69) is 20.9 Å². The zero-order chi connectivity index (χ0) is 18.3. The minimum atomic E-state index is -0.182. The molecule has 1 rings (SSSR count). The molecule has 0 aliphatic carbocycles. The molecule has 0 bridgehead atoms. The lowest BCUT2D eigenvalue weighted by atomic mass is 10.2. The van der Waals surface area contributed by atoms with E-state index in [0.29, 0.717) is 38.7 Å². The highest BCUT2D eigenvalue weighted by Gasteiger charge is 2.11. The van der Waals surface area contributed by atoms with Gasteiger partial charge in [-0.2, -0.15) is 0 Å². The van der Waals surface area contributed by atoms with Crippen LogP contribution in [0.3, 0.4) is 0 Å². The van der Waals surface area contributed by atoms with E-state index < -0.39 is 0 Å². The minimum Gasteiger partial charge on any atom is -0.459 e. The van der Waals surface area contributed by atoms with Gasteiger partial charge in [-0.3, -0.25) is 9.79 Å². The van der Waals surface area contributed by atoms with E-state index in [1.807, 2.05) is 6.92 Å². The van der Waals surface area contributed by atoms with Crippen molar-refractivity contribution in [3.63, 3.8) is 0 Å². The Bertz CT molecular complexity index is 523. The Hall–Kier alpha value is -1.33. The average Bonchev–Trinajstić information content (AvgIpc) is 3.04. The second kappa shape index (κ2) is 15.9. The van der Waals surface area contributed by atoms with Gasteiger partial charge >= 0.3 is 0 Å². The third kappa shape index (κ3) is 10.6. The monoisotopic (exact) mass is 482 g/mol. The van der Waals surface area contributed by atoms with Crippen molar-refractivity contribution in [3.05, 3.63) is 23.7 Å². The van der Waals surface area contributed by atoms with Gasteiger partial charge in [0.1, 0.15) is 0 Å². The molecule has 150 valence electrons. The minimum absolute atomic E-state index is 0. The Balaban J connectivity index is 0.00000625. The first-order valence-corrected chi connectivity index (χ1v) is 8.52.